The predicted molar refractivity (Wildman–Crippen MR) is 109 cm³/mol. The summed E-state index contributed by atoms with van der Waals surface area (Å²) in [7, 11) is 0. The molecule has 5 heteroatoms. The number of nitrogens with one attached hydrogen (secondary N) is 1. The van der Waals surface area contributed by atoms with Crippen molar-refractivity contribution in [1.29, 1.82) is 0 Å². The third-order valence-corrected chi connectivity index (χ3v) is 5.30. The summed E-state index contributed by atoms with van der Waals surface area (Å²) in [6, 6.07) is 17.0. The average Bonchev–Trinajstić information content (AvgIpc) is 3.39. The monoisotopic (exact) mass is 376 g/mol. The van der Waals surface area contributed by atoms with Gasteiger partial charge >= 0.3 is 5.63 Å². The topological polar surface area (TPSA) is 85.3 Å². The van der Waals surface area contributed by atoms with Crippen molar-refractivity contribution in [2.75, 3.05) is 0 Å². The van der Waals surface area contributed by atoms with Crippen LogP contribution in [0.5, 0.6) is 0 Å². The molecular formula is C23H24N2O3. The average molecular weight is 376 g/mol. The molecule has 0 aliphatic heterocycles. The van der Waals surface area contributed by atoms with E-state index in [1.807, 2.05) is 26.0 Å². The van der Waals surface area contributed by atoms with Gasteiger partial charge in [-0.1, -0.05) is 42.5 Å². The number of rotatable bonds is 5. The minimum Gasteiger partial charge on any atom is -0.422 e. The van der Waals surface area contributed by atoms with Gasteiger partial charge in [0.15, 0.2) is 0 Å². The molecule has 1 heterocycles. The summed E-state index contributed by atoms with van der Waals surface area (Å²) in [6.07, 6.45) is 2.69. The van der Waals surface area contributed by atoms with Crippen molar-refractivity contribution in [2.24, 2.45) is 5.73 Å². The number of benzene rings is 2. The fourth-order valence-corrected chi connectivity index (χ4v) is 3.53. The smallest absolute Gasteiger partial charge is 0.349 e. The maximum Gasteiger partial charge on any atom is 0.349 e. The third-order valence-electron chi connectivity index (χ3n) is 5.30. The molecule has 2 aromatic carbocycles. The van der Waals surface area contributed by atoms with Crippen LogP contribution in [0.25, 0.3) is 11.0 Å². The molecule has 1 amide bonds. The Morgan fingerprint density at radius 2 is 1.82 bits per heavy atom. The fraction of sp³-hybridized carbons (Fsp3) is 0.304. The van der Waals surface area contributed by atoms with Crippen LogP contribution in [-0.2, 0) is 12.0 Å². The second-order valence-electron chi connectivity index (χ2n) is 8.35. The van der Waals surface area contributed by atoms with Gasteiger partial charge in [-0.3, -0.25) is 4.79 Å². The molecule has 1 saturated carbocycles. The van der Waals surface area contributed by atoms with Gasteiger partial charge in [0, 0.05) is 16.5 Å². The SMILES string of the molecule is CC(C)(Cc1ccc(C2(N)CC2)cc1)NC(=O)c1cc2ccccc2oc1=O. The van der Waals surface area contributed by atoms with Crippen LogP contribution in [0.1, 0.15) is 48.2 Å². The molecule has 28 heavy (non-hydrogen) atoms. The highest BCUT2D eigenvalue weighted by molar-refractivity contribution is 5.97. The van der Waals surface area contributed by atoms with Gasteiger partial charge in [-0.15, -0.1) is 0 Å². The first kappa shape index (κ1) is 18.4. The Morgan fingerprint density at radius 3 is 2.50 bits per heavy atom. The first-order valence-electron chi connectivity index (χ1n) is 9.50. The number of carbonyl (C=O) groups excluding carboxylic acids is 1. The Balaban J connectivity index is 1.50. The van der Waals surface area contributed by atoms with Crippen LogP contribution in [0.3, 0.4) is 0 Å². The standard InChI is InChI=1S/C23H24N2O3/c1-22(2,14-15-7-9-17(10-8-15)23(24)11-12-23)25-20(26)18-13-16-5-3-4-6-19(16)28-21(18)27/h3-10,13H,11-12,14,24H2,1-2H3,(H,25,26). The van der Waals surface area contributed by atoms with Crippen LogP contribution in [0, 0.1) is 0 Å². The number of hydrogen-bond acceptors (Lipinski definition) is 4. The normalized spacial score (nSPS) is 15.4. The van der Waals surface area contributed by atoms with Gasteiger partial charge < -0.3 is 15.5 Å². The maximum absolute atomic E-state index is 12.7. The predicted octanol–water partition coefficient (Wildman–Crippen LogP) is 3.49. The van der Waals surface area contributed by atoms with E-state index in [0.717, 1.165) is 29.4 Å². The fourth-order valence-electron chi connectivity index (χ4n) is 3.53. The van der Waals surface area contributed by atoms with Gasteiger partial charge in [-0.2, -0.15) is 0 Å². The van der Waals surface area contributed by atoms with Crippen molar-refractivity contribution in [3.8, 4) is 0 Å². The van der Waals surface area contributed by atoms with Crippen LogP contribution in [0.2, 0.25) is 0 Å². The Kier molecular flexibility index (Phi) is 4.35. The molecule has 144 valence electrons. The molecule has 0 unspecified atom stereocenters. The minimum absolute atomic E-state index is 0.0147. The zero-order valence-electron chi connectivity index (χ0n) is 16.1. The molecule has 0 saturated heterocycles. The molecular weight excluding hydrogens is 352 g/mol. The van der Waals surface area contributed by atoms with Crippen molar-refractivity contribution in [2.45, 2.75) is 44.2 Å². The van der Waals surface area contributed by atoms with Gasteiger partial charge in [0.25, 0.3) is 5.91 Å². The summed E-state index contributed by atoms with van der Waals surface area (Å²) < 4.78 is 5.27. The van der Waals surface area contributed by atoms with Gasteiger partial charge in [0.1, 0.15) is 11.1 Å². The summed E-state index contributed by atoms with van der Waals surface area (Å²) >= 11 is 0. The summed E-state index contributed by atoms with van der Waals surface area (Å²) in [5, 5.41) is 3.68. The summed E-state index contributed by atoms with van der Waals surface area (Å²) in [4.78, 5) is 24.9. The van der Waals surface area contributed by atoms with E-state index in [1.165, 1.54) is 0 Å². The first-order chi connectivity index (χ1) is 13.3. The Labute approximate surface area is 163 Å². The third kappa shape index (κ3) is 3.71. The zero-order valence-corrected chi connectivity index (χ0v) is 16.1. The number of nitrogens with two attached hydrogens (primary N) is 1. The van der Waals surface area contributed by atoms with E-state index in [-0.39, 0.29) is 11.1 Å². The van der Waals surface area contributed by atoms with E-state index in [4.69, 9.17) is 10.2 Å². The van der Waals surface area contributed by atoms with Crippen molar-refractivity contribution >= 4 is 16.9 Å². The summed E-state index contributed by atoms with van der Waals surface area (Å²) in [5.74, 6) is -0.431. The molecule has 1 aromatic heterocycles. The molecule has 4 rings (SSSR count). The van der Waals surface area contributed by atoms with Gasteiger partial charge in [0.05, 0.1) is 0 Å². The quantitative estimate of drug-likeness (QED) is 0.668. The molecule has 0 spiro atoms. The van der Waals surface area contributed by atoms with Gasteiger partial charge in [-0.25, -0.2) is 4.79 Å². The Morgan fingerprint density at radius 1 is 1.14 bits per heavy atom. The van der Waals surface area contributed by atoms with E-state index < -0.39 is 17.1 Å². The van der Waals surface area contributed by atoms with Gasteiger partial charge in [-0.05, 0) is 56.4 Å². The van der Waals surface area contributed by atoms with E-state index in [1.54, 1.807) is 18.2 Å². The number of fused-ring (bicyclic) bond motifs is 1. The first-order valence-corrected chi connectivity index (χ1v) is 9.50. The Hall–Kier alpha value is -2.92. The van der Waals surface area contributed by atoms with Crippen molar-refractivity contribution in [1.82, 2.24) is 5.32 Å². The molecule has 1 fully saturated rings. The van der Waals surface area contributed by atoms with E-state index in [0.29, 0.717) is 12.0 Å². The van der Waals surface area contributed by atoms with Crippen LogP contribution >= 0.6 is 0 Å². The number of para-hydroxylation sites is 1. The lowest BCUT2D eigenvalue weighted by Crippen LogP contribution is -2.46. The van der Waals surface area contributed by atoms with E-state index >= 15 is 0 Å². The molecule has 1 aliphatic carbocycles. The molecule has 0 bridgehead atoms. The highest BCUT2D eigenvalue weighted by atomic mass is 16.4. The highest BCUT2D eigenvalue weighted by Crippen LogP contribution is 2.42. The van der Waals surface area contributed by atoms with Crippen molar-refractivity contribution in [3.05, 3.63) is 81.7 Å². The lowest BCUT2D eigenvalue weighted by molar-refractivity contribution is 0.0909. The second-order valence-corrected chi connectivity index (χ2v) is 8.35. The van der Waals surface area contributed by atoms with Crippen LogP contribution < -0.4 is 16.7 Å². The number of amides is 1. The molecule has 3 N–H and O–H groups in total. The van der Waals surface area contributed by atoms with Crippen molar-refractivity contribution in [3.63, 3.8) is 0 Å². The summed E-state index contributed by atoms with van der Waals surface area (Å²) in [6.45, 7) is 3.87. The lowest BCUT2D eigenvalue weighted by Gasteiger charge is -2.26. The van der Waals surface area contributed by atoms with Crippen molar-refractivity contribution < 1.29 is 9.21 Å². The van der Waals surface area contributed by atoms with Gasteiger partial charge in [0.2, 0.25) is 0 Å². The zero-order chi connectivity index (χ0) is 19.9. The highest BCUT2D eigenvalue weighted by Gasteiger charge is 2.39. The minimum atomic E-state index is -0.631. The number of carbonyl (C=O) groups is 1. The molecule has 1 aliphatic rings. The maximum atomic E-state index is 12.7. The largest absolute Gasteiger partial charge is 0.422 e. The lowest BCUT2D eigenvalue weighted by atomic mass is 9.93. The van der Waals surface area contributed by atoms with Crippen LogP contribution in [0.15, 0.2) is 63.8 Å². The molecule has 0 atom stereocenters. The second kappa shape index (κ2) is 6.60. The molecule has 5 nitrogen and oxygen atoms in total. The number of hydrogen-bond donors (Lipinski definition) is 2. The van der Waals surface area contributed by atoms with E-state index in [9.17, 15) is 9.59 Å². The molecule has 0 radical (unpaired) electrons. The Bertz CT molecular complexity index is 1090. The van der Waals surface area contributed by atoms with Crippen LogP contribution in [0.4, 0.5) is 0 Å². The summed E-state index contributed by atoms with van der Waals surface area (Å²) in [5.41, 5.74) is 7.67. The van der Waals surface area contributed by atoms with Crippen LogP contribution in [-0.4, -0.2) is 11.4 Å². The van der Waals surface area contributed by atoms with E-state index in [2.05, 4.69) is 29.6 Å². The molecule has 3 aromatic rings.